The minimum Gasteiger partial charge on any atom is -0.375 e. The number of rotatable bonds is 0. The predicted octanol–water partition coefficient (Wildman–Crippen LogP) is 1.52. The molecule has 14 heavy (non-hydrogen) atoms. The number of nitrogens with zero attached hydrogens (tertiary/aromatic N) is 1. The molecule has 1 amide bonds. The van der Waals surface area contributed by atoms with E-state index in [2.05, 4.69) is 0 Å². The first kappa shape index (κ1) is 9.49. The van der Waals surface area contributed by atoms with Gasteiger partial charge in [0.15, 0.2) is 5.60 Å². The van der Waals surface area contributed by atoms with Crippen LogP contribution in [0.15, 0.2) is 18.2 Å². The van der Waals surface area contributed by atoms with Crippen molar-refractivity contribution in [3.63, 3.8) is 0 Å². The Hall–Kier alpha value is -1.06. The molecule has 4 heteroatoms. The molecule has 0 bridgehead atoms. The summed E-state index contributed by atoms with van der Waals surface area (Å²) in [5.74, 6) is -0.324. The number of amides is 1. The monoisotopic (exact) mass is 211 g/mol. The molecular formula is C10H10ClNO2. The SMILES string of the molecule is CN1C(=O)C(C)(O)c2cc(Cl)ccc21. The largest absolute Gasteiger partial charge is 0.375 e. The van der Waals surface area contributed by atoms with Gasteiger partial charge in [0.1, 0.15) is 0 Å². The van der Waals surface area contributed by atoms with Crippen molar-refractivity contribution in [2.75, 3.05) is 11.9 Å². The highest BCUT2D eigenvalue weighted by Crippen LogP contribution is 2.40. The third-order valence-corrected chi connectivity index (χ3v) is 2.80. The van der Waals surface area contributed by atoms with Crippen molar-refractivity contribution in [3.05, 3.63) is 28.8 Å². The number of hydrogen-bond acceptors (Lipinski definition) is 2. The van der Waals surface area contributed by atoms with Crippen LogP contribution in [0.5, 0.6) is 0 Å². The Bertz CT molecular complexity index is 415. The molecule has 0 aliphatic carbocycles. The van der Waals surface area contributed by atoms with Crippen LogP contribution in [0.25, 0.3) is 0 Å². The number of anilines is 1. The zero-order valence-electron chi connectivity index (χ0n) is 7.91. The lowest BCUT2D eigenvalue weighted by atomic mass is 9.98. The summed E-state index contributed by atoms with van der Waals surface area (Å²) in [5, 5.41) is 10.5. The fourth-order valence-corrected chi connectivity index (χ4v) is 1.91. The van der Waals surface area contributed by atoms with Crippen molar-refractivity contribution in [2.24, 2.45) is 0 Å². The van der Waals surface area contributed by atoms with E-state index in [-0.39, 0.29) is 5.91 Å². The van der Waals surface area contributed by atoms with E-state index in [4.69, 9.17) is 11.6 Å². The Morgan fingerprint density at radius 2 is 2.14 bits per heavy atom. The Balaban J connectivity index is 2.69. The standard InChI is InChI=1S/C10H10ClNO2/c1-10(14)7-5-6(11)3-4-8(7)12(2)9(10)13/h3-5,14H,1-2H3. The van der Waals surface area contributed by atoms with Crippen molar-refractivity contribution in [1.29, 1.82) is 0 Å². The lowest BCUT2D eigenvalue weighted by Gasteiger charge is -2.15. The molecule has 1 unspecified atom stereocenters. The minimum atomic E-state index is -1.45. The summed E-state index contributed by atoms with van der Waals surface area (Å²) < 4.78 is 0. The van der Waals surface area contributed by atoms with Gasteiger partial charge in [-0.2, -0.15) is 0 Å². The van der Waals surface area contributed by atoms with E-state index in [9.17, 15) is 9.90 Å². The van der Waals surface area contributed by atoms with Gasteiger partial charge in [-0.1, -0.05) is 11.6 Å². The zero-order chi connectivity index (χ0) is 10.5. The van der Waals surface area contributed by atoms with Crippen LogP contribution in [0.3, 0.4) is 0 Å². The van der Waals surface area contributed by atoms with Gasteiger partial charge in [0.25, 0.3) is 5.91 Å². The molecule has 1 aliphatic heterocycles. The Kier molecular flexibility index (Phi) is 1.84. The van der Waals surface area contributed by atoms with Crippen LogP contribution >= 0.6 is 11.6 Å². The number of halogens is 1. The number of carbonyl (C=O) groups is 1. The lowest BCUT2D eigenvalue weighted by molar-refractivity contribution is -0.133. The van der Waals surface area contributed by atoms with Crippen LogP contribution in [0, 0.1) is 0 Å². The maximum atomic E-state index is 11.6. The van der Waals surface area contributed by atoms with Gasteiger partial charge in [-0.25, -0.2) is 0 Å². The van der Waals surface area contributed by atoms with E-state index in [0.29, 0.717) is 16.3 Å². The van der Waals surface area contributed by atoms with Crippen LogP contribution in [-0.2, 0) is 10.4 Å². The van der Waals surface area contributed by atoms with Gasteiger partial charge in [0, 0.05) is 17.6 Å². The Morgan fingerprint density at radius 1 is 1.50 bits per heavy atom. The van der Waals surface area contributed by atoms with Crippen LogP contribution in [0.1, 0.15) is 12.5 Å². The maximum absolute atomic E-state index is 11.6. The Labute approximate surface area is 86.9 Å². The van der Waals surface area contributed by atoms with Crippen LogP contribution < -0.4 is 4.90 Å². The first-order chi connectivity index (χ1) is 6.44. The summed E-state index contributed by atoms with van der Waals surface area (Å²) in [6.45, 7) is 1.48. The number of hydrogen-bond donors (Lipinski definition) is 1. The van der Waals surface area contributed by atoms with E-state index in [1.54, 1.807) is 25.2 Å². The molecule has 1 aliphatic rings. The molecule has 0 saturated heterocycles. The van der Waals surface area contributed by atoms with Crippen molar-refractivity contribution >= 4 is 23.2 Å². The third-order valence-electron chi connectivity index (χ3n) is 2.57. The topological polar surface area (TPSA) is 40.5 Å². The second-order valence-corrected chi connectivity index (χ2v) is 4.03. The zero-order valence-corrected chi connectivity index (χ0v) is 8.67. The van der Waals surface area contributed by atoms with E-state index in [1.165, 1.54) is 11.8 Å². The second kappa shape index (κ2) is 2.72. The van der Waals surface area contributed by atoms with Gasteiger partial charge in [-0.3, -0.25) is 4.79 Å². The summed E-state index contributed by atoms with van der Waals surface area (Å²) >= 11 is 5.81. The quantitative estimate of drug-likeness (QED) is 0.707. The summed E-state index contributed by atoms with van der Waals surface area (Å²) in [4.78, 5) is 13.1. The summed E-state index contributed by atoms with van der Waals surface area (Å²) in [5.41, 5.74) is -0.170. The minimum absolute atomic E-state index is 0.324. The normalized spacial score (nSPS) is 25.4. The van der Waals surface area contributed by atoms with Gasteiger partial charge in [-0.15, -0.1) is 0 Å². The third kappa shape index (κ3) is 1.06. The van der Waals surface area contributed by atoms with Crippen LogP contribution in [0.2, 0.25) is 5.02 Å². The summed E-state index contributed by atoms with van der Waals surface area (Å²) in [7, 11) is 1.64. The fraction of sp³-hybridized carbons (Fsp3) is 0.300. The van der Waals surface area contributed by atoms with E-state index in [1.807, 2.05) is 0 Å². The van der Waals surface area contributed by atoms with Crippen LogP contribution in [-0.4, -0.2) is 18.1 Å². The smallest absolute Gasteiger partial charge is 0.263 e. The molecule has 1 heterocycles. The maximum Gasteiger partial charge on any atom is 0.263 e. The molecule has 0 aromatic heterocycles. The number of fused-ring (bicyclic) bond motifs is 1. The molecule has 3 nitrogen and oxygen atoms in total. The summed E-state index contributed by atoms with van der Waals surface area (Å²) in [6.07, 6.45) is 0. The molecule has 2 rings (SSSR count). The molecule has 1 aromatic rings. The molecule has 0 radical (unpaired) electrons. The van der Waals surface area contributed by atoms with Gasteiger partial charge < -0.3 is 10.0 Å². The number of likely N-dealkylation sites (N-methyl/N-ethyl adjacent to an activating group) is 1. The van der Waals surface area contributed by atoms with Crippen molar-refractivity contribution in [1.82, 2.24) is 0 Å². The highest BCUT2D eigenvalue weighted by molar-refractivity contribution is 6.31. The molecule has 1 N–H and O–H groups in total. The highest BCUT2D eigenvalue weighted by Gasteiger charge is 2.44. The average Bonchev–Trinajstić information content (AvgIpc) is 2.29. The van der Waals surface area contributed by atoms with E-state index < -0.39 is 5.60 Å². The van der Waals surface area contributed by atoms with Crippen molar-refractivity contribution in [2.45, 2.75) is 12.5 Å². The first-order valence-corrected chi connectivity index (χ1v) is 4.63. The fourth-order valence-electron chi connectivity index (χ4n) is 1.74. The second-order valence-electron chi connectivity index (χ2n) is 3.60. The number of aliphatic hydroxyl groups is 1. The molecule has 0 spiro atoms. The van der Waals surface area contributed by atoms with E-state index in [0.717, 1.165) is 0 Å². The molecule has 74 valence electrons. The van der Waals surface area contributed by atoms with Gasteiger partial charge in [-0.05, 0) is 25.1 Å². The van der Waals surface area contributed by atoms with Crippen molar-refractivity contribution in [3.8, 4) is 0 Å². The Morgan fingerprint density at radius 3 is 2.79 bits per heavy atom. The molecule has 1 atom stereocenters. The molecule has 0 saturated carbocycles. The van der Waals surface area contributed by atoms with Gasteiger partial charge in [0.05, 0.1) is 5.69 Å². The molecule has 1 aromatic carbocycles. The van der Waals surface area contributed by atoms with Gasteiger partial charge in [0.2, 0.25) is 0 Å². The summed E-state index contributed by atoms with van der Waals surface area (Å²) in [6, 6.07) is 5.06. The number of carbonyl (C=O) groups excluding carboxylic acids is 1. The average molecular weight is 212 g/mol. The molecule has 0 fully saturated rings. The number of benzene rings is 1. The van der Waals surface area contributed by atoms with Crippen LogP contribution in [0.4, 0.5) is 5.69 Å². The molecular weight excluding hydrogens is 202 g/mol. The van der Waals surface area contributed by atoms with Crippen molar-refractivity contribution < 1.29 is 9.90 Å². The highest BCUT2D eigenvalue weighted by atomic mass is 35.5. The lowest BCUT2D eigenvalue weighted by Crippen LogP contribution is -2.35. The van der Waals surface area contributed by atoms with E-state index >= 15 is 0 Å². The first-order valence-electron chi connectivity index (χ1n) is 4.25. The predicted molar refractivity (Wildman–Crippen MR) is 54.4 cm³/mol. The van der Waals surface area contributed by atoms with Gasteiger partial charge >= 0.3 is 0 Å².